The van der Waals surface area contributed by atoms with Crippen LogP contribution < -0.4 is 4.72 Å². The number of hydrogen-bond acceptors (Lipinski definition) is 4. The zero-order chi connectivity index (χ0) is 13.3. The van der Waals surface area contributed by atoms with Crippen LogP contribution in [-0.4, -0.2) is 13.4 Å². The molecule has 2 aromatic rings. The molecule has 0 bridgehead atoms. The van der Waals surface area contributed by atoms with Crippen LogP contribution in [0.4, 0.5) is 5.69 Å². The molecular formula is C10H8Cl2N2O2S2. The smallest absolute Gasteiger partial charge is 0.273 e. The fourth-order valence-electron chi connectivity index (χ4n) is 1.31. The molecular weight excluding hydrogens is 315 g/mol. The molecule has 0 radical (unpaired) electrons. The van der Waals surface area contributed by atoms with Crippen molar-refractivity contribution < 1.29 is 8.42 Å². The highest BCUT2D eigenvalue weighted by Gasteiger charge is 2.19. The number of anilines is 1. The number of para-hydroxylation sites is 1. The third-order valence-electron chi connectivity index (χ3n) is 2.18. The quantitative estimate of drug-likeness (QED) is 0.939. The van der Waals surface area contributed by atoms with E-state index < -0.39 is 10.0 Å². The summed E-state index contributed by atoms with van der Waals surface area (Å²) in [6.07, 6.45) is 1.21. The van der Waals surface area contributed by atoms with E-state index in [9.17, 15) is 8.42 Å². The number of thiazole rings is 1. The molecule has 0 aliphatic rings. The van der Waals surface area contributed by atoms with E-state index in [2.05, 4.69) is 9.71 Å². The molecule has 0 saturated heterocycles. The summed E-state index contributed by atoms with van der Waals surface area (Å²) in [5.74, 6) is 0. The van der Waals surface area contributed by atoms with E-state index >= 15 is 0 Å². The van der Waals surface area contributed by atoms with Crippen LogP contribution in [0.5, 0.6) is 0 Å². The maximum absolute atomic E-state index is 12.1. The molecule has 0 spiro atoms. The van der Waals surface area contributed by atoms with Crippen LogP contribution in [0.2, 0.25) is 9.49 Å². The van der Waals surface area contributed by atoms with E-state index in [1.165, 1.54) is 6.20 Å². The minimum atomic E-state index is -3.70. The highest BCUT2D eigenvalue weighted by atomic mass is 35.5. The van der Waals surface area contributed by atoms with E-state index in [1.807, 2.05) is 0 Å². The summed E-state index contributed by atoms with van der Waals surface area (Å²) in [5, 5.41) is 0.342. The Morgan fingerprint density at radius 1 is 1.33 bits per heavy atom. The molecule has 2 rings (SSSR count). The summed E-state index contributed by atoms with van der Waals surface area (Å²) < 4.78 is 26.8. The average Bonchev–Trinajstić information content (AvgIpc) is 2.71. The molecule has 1 heterocycles. The summed E-state index contributed by atoms with van der Waals surface area (Å²) >= 11 is 12.5. The van der Waals surface area contributed by atoms with Gasteiger partial charge in [0, 0.05) is 0 Å². The van der Waals surface area contributed by atoms with Crippen molar-refractivity contribution in [3.63, 3.8) is 0 Å². The lowest BCUT2D eigenvalue weighted by molar-refractivity contribution is 0.603. The van der Waals surface area contributed by atoms with E-state index in [0.717, 1.165) is 16.9 Å². The Balaban J connectivity index is 2.40. The van der Waals surface area contributed by atoms with Crippen molar-refractivity contribution in [3.8, 4) is 0 Å². The first-order chi connectivity index (χ1) is 8.40. The van der Waals surface area contributed by atoms with Crippen molar-refractivity contribution in [1.82, 2.24) is 4.98 Å². The number of sulfonamides is 1. The molecule has 0 aliphatic carbocycles. The molecule has 1 aromatic carbocycles. The van der Waals surface area contributed by atoms with Gasteiger partial charge >= 0.3 is 0 Å². The molecule has 0 saturated carbocycles. The number of benzene rings is 1. The van der Waals surface area contributed by atoms with E-state index in [-0.39, 0.29) is 8.68 Å². The van der Waals surface area contributed by atoms with Crippen LogP contribution in [0.3, 0.4) is 0 Å². The fraction of sp³-hybridized carbons (Fsp3) is 0.100. The summed E-state index contributed by atoms with van der Waals surface area (Å²) in [6.45, 7) is 1.77. The van der Waals surface area contributed by atoms with Gasteiger partial charge in [0.1, 0.15) is 0 Å². The minimum Gasteiger partial charge on any atom is -0.277 e. The first-order valence-electron chi connectivity index (χ1n) is 4.79. The van der Waals surface area contributed by atoms with Gasteiger partial charge in [-0.05, 0) is 18.6 Å². The van der Waals surface area contributed by atoms with Crippen molar-refractivity contribution >= 4 is 50.2 Å². The first kappa shape index (κ1) is 13.6. The lowest BCUT2D eigenvalue weighted by Crippen LogP contribution is -2.12. The van der Waals surface area contributed by atoms with Crippen LogP contribution in [-0.2, 0) is 10.0 Å². The van der Waals surface area contributed by atoms with E-state index in [4.69, 9.17) is 23.2 Å². The minimum absolute atomic E-state index is 0.0480. The van der Waals surface area contributed by atoms with Crippen LogP contribution in [0.25, 0.3) is 0 Å². The van der Waals surface area contributed by atoms with Crippen molar-refractivity contribution in [2.75, 3.05) is 4.72 Å². The van der Waals surface area contributed by atoms with Crippen LogP contribution in [0.1, 0.15) is 5.56 Å². The van der Waals surface area contributed by atoms with Crippen LogP contribution >= 0.6 is 34.5 Å². The van der Waals surface area contributed by atoms with Gasteiger partial charge in [-0.2, -0.15) is 0 Å². The molecule has 8 heteroatoms. The molecule has 0 unspecified atom stereocenters. The summed E-state index contributed by atoms with van der Waals surface area (Å²) in [6, 6.07) is 5.13. The summed E-state index contributed by atoms with van der Waals surface area (Å²) in [4.78, 5) is 3.70. The van der Waals surface area contributed by atoms with Gasteiger partial charge in [0.2, 0.25) is 0 Å². The van der Waals surface area contributed by atoms with Crippen LogP contribution in [0, 0.1) is 6.92 Å². The number of aryl methyl sites for hydroxylation is 1. The molecule has 96 valence electrons. The Labute approximate surface area is 119 Å². The van der Waals surface area contributed by atoms with Gasteiger partial charge in [-0.3, -0.25) is 4.72 Å². The average molecular weight is 323 g/mol. The third kappa shape index (κ3) is 2.77. The predicted molar refractivity (Wildman–Crippen MR) is 74.1 cm³/mol. The first-order valence-corrected chi connectivity index (χ1v) is 7.85. The van der Waals surface area contributed by atoms with Gasteiger partial charge in [0.05, 0.1) is 16.9 Å². The van der Waals surface area contributed by atoms with Gasteiger partial charge in [-0.15, -0.1) is 0 Å². The Morgan fingerprint density at radius 3 is 2.61 bits per heavy atom. The zero-order valence-corrected chi connectivity index (χ0v) is 12.3. The lowest BCUT2D eigenvalue weighted by atomic mass is 10.2. The zero-order valence-electron chi connectivity index (χ0n) is 9.15. The fourth-order valence-corrected chi connectivity index (χ4v) is 4.08. The van der Waals surface area contributed by atoms with Gasteiger partial charge < -0.3 is 0 Å². The highest BCUT2D eigenvalue weighted by molar-refractivity contribution is 7.94. The standard InChI is InChI=1S/C10H8Cl2N2O2S2/c1-6-3-2-4-7(11)9(6)14-18(15,16)8-5-13-10(12)17-8/h2-5,14H,1H3. The van der Waals surface area contributed by atoms with Gasteiger partial charge in [-0.25, -0.2) is 13.4 Å². The Kier molecular flexibility index (Phi) is 3.82. The second-order valence-corrected chi connectivity index (χ2v) is 7.40. The highest BCUT2D eigenvalue weighted by Crippen LogP contribution is 2.30. The Hall–Kier alpha value is -0.820. The molecule has 0 atom stereocenters. The molecule has 1 aromatic heterocycles. The van der Waals surface area contributed by atoms with E-state index in [1.54, 1.807) is 25.1 Å². The monoisotopic (exact) mass is 322 g/mol. The van der Waals surface area contributed by atoms with Crippen molar-refractivity contribution in [1.29, 1.82) is 0 Å². The van der Waals surface area contributed by atoms with Crippen LogP contribution in [0.15, 0.2) is 28.6 Å². The van der Waals surface area contributed by atoms with E-state index in [0.29, 0.717) is 10.7 Å². The normalized spacial score (nSPS) is 11.5. The molecule has 0 fully saturated rings. The summed E-state index contributed by atoms with van der Waals surface area (Å²) in [7, 11) is -3.70. The molecule has 1 N–H and O–H groups in total. The summed E-state index contributed by atoms with van der Waals surface area (Å²) in [5.41, 5.74) is 1.10. The Morgan fingerprint density at radius 2 is 2.06 bits per heavy atom. The predicted octanol–water partition coefficient (Wildman–Crippen LogP) is 3.56. The number of aromatic nitrogens is 1. The SMILES string of the molecule is Cc1cccc(Cl)c1NS(=O)(=O)c1cnc(Cl)s1. The second kappa shape index (κ2) is 5.05. The number of halogens is 2. The van der Waals surface area contributed by atoms with Gasteiger partial charge in [-0.1, -0.05) is 46.7 Å². The van der Waals surface area contributed by atoms with Crippen molar-refractivity contribution in [2.45, 2.75) is 11.1 Å². The molecule has 4 nitrogen and oxygen atoms in total. The molecule has 0 aliphatic heterocycles. The van der Waals surface area contributed by atoms with Gasteiger partial charge in [0.25, 0.3) is 10.0 Å². The number of nitrogens with one attached hydrogen (secondary N) is 1. The number of hydrogen-bond donors (Lipinski definition) is 1. The molecule has 18 heavy (non-hydrogen) atoms. The number of nitrogens with zero attached hydrogens (tertiary/aromatic N) is 1. The second-order valence-electron chi connectivity index (χ2n) is 3.47. The maximum atomic E-state index is 12.1. The topological polar surface area (TPSA) is 59.1 Å². The van der Waals surface area contributed by atoms with Crippen molar-refractivity contribution in [2.24, 2.45) is 0 Å². The van der Waals surface area contributed by atoms with Crippen molar-refractivity contribution in [3.05, 3.63) is 39.4 Å². The lowest BCUT2D eigenvalue weighted by Gasteiger charge is -2.10. The Bertz CT molecular complexity index is 663. The molecule has 0 amide bonds. The third-order valence-corrected chi connectivity index (χ3v) is 5.42. The maximum Gasteiger partial charge on any atom is 0.273 e. The number of rotatable bonds is 3. The van der Waals surface area contributed by atoms with Gasteiger partial charge in [0.15, 0.2) is 8.68 Å². The largest absolute Gasteiger partial charge is 0.277 e.